The molecule has 2 aromatic carbocycles. The lowest BCUT2D eigenvalue weighted by Gasteiger charge is -2.09. The number of aliphatic imine (C=N–C) groups is 1. The van der Waals surface area contributed by atoms with Gasteiger partial charge < -0.3 is 10.6 Å². The third-order valence-electron chi connectivity index (χ3n) is 4.40. The number of nitrogens with zero attached hydrogens (tertiary/aromatic N) is 1. The van der Waals surface area contributed by atoms with Gasteiger partial charge in [0.25, 0.3) is 11.8 Å². The van der Waals surface area contributed by atoms with Crippen LogP contribution in [-0.2, 0) is 16.0 Å². The summed E-state index contributed by atoms with van der Waals surface area (Å²) in [6.07, 6.45) is 1.67. The van der Waals surface area contributed by atoms with Crippen molar-refractivity contribution in [3.8, 4) is 0 Å². The number of hydrogen-bond acceptors (Lipinski definition) is 4. The van der Waals surface area contributed by atoms with Crippen LogP contribution in [0, 0.1) is 11.6 Å². The number of rotatable bonds is 6. The number of halogens is 3. The molecule has 1 heterocycles. The summed E-state index contributed by atoms with van der Waals surface area (Å²) in [7, 11) is 1.45. The maximum absolute atomic E-state index is 13.5. The summed E-state index contributed by atoms with van der Waals surface area (Å²) < 4.78 is 26.7. The minimum absolute atomic E-state index is 0.0359. The van der Waals surface area contributed by atoms with Crippen LogP contribution in [0.25, 0.3) is 0 Å². The van der Waals surface area contributed by atoms with Crippen LogP contribution in [0.15, 0.2) is 52.7 Å². The predicted octanol–water partition coefficient (Wildman–Crippen LogP) is 3.46. The Hall–Kier alpha value is -3.39. The highest BCUT2D eigenvalue weighted by Gasteiger charge is 2.23. The van der Waals surface area contributed by atoms with Gasteiger partial charge in [0.05, 0.1) is 10.6 Å². The lowest BCUT2D eigenvalue weighted by molar-refractivity contribution is -0.118. The molecule has 2 N–H and O–H groups in total. The number of nitrogens with one attached hydrogen (secondary N) is 2. The molecule has 1 aliphatic heterocycles. The van der Waals surface area contributed by atoms with E-state index in [4.69, 9.17) is 11.6 Å². The van der Waals surface area contributed by atoms with Gasteiger partial charge in [-0.1, -0.05) is 23.7 Å². The third-order valence-corrected chi connectivity index (χ3v) is 4.68. The Bertz CT molecular complexity index is 1070. The predicted molar refractivity (Wildman–Crippen MR) is 109 cm³/mol. The van der Waals surface area contributed by atoms with Gasteiger partial charge >= 0.3 is 0 Å². The number of anilines is 1. The highest BCUT2D eigenvalue weighted by atomic mass is 35.5. The maximum atomic E-state index is 13.5. The zero-order valence-corrected chi connectivity index (χ0v) is 16.5. The van der Waals surface area contributed by atoms with Gasteiger partial charge in [0.2, 0.25) is 0 Å². The Morgan fingerprint density at radius 2 is 1.80 bits per heavy atom. The van der Waals surface area contributed by atoms with E-state index in [0.717, 1.165) is 12.1 Å². The van der Waals surface area contributed by atoms with Crippen LogP contribution >= 0.6 is 11.6 Å². The molecule has 0 unspecified atom stereocenters. The second-order valence-corrected chi connectivity index (χ2v) is 6.83. The van der Waals surface area contributed by atoms with Crippen molar-refractivity contribution in [2.24, 2.45) is 4.99 Å². The van der Waals surface area contributed by atoms with E-state index >= 15 is 0 Å². The van der Waals surface area contributed by atoms with Crippen molar-refractivity contribution in [1.82, 2.24) is 5.32 Å². The molecule has 2 amide bonds. The monoisotopic (exact) mass is 431 g/mol. The van der Waals surface area contributed by atoms with E-state index in [2.05, 4.69) is 15.6 Å². The number of carbonyl (C=O) groups is 3. The van der Waals surface area contributed by atoms with Crippen molar-refractivity contribution in [2.45, 2.75) is 12.8 Å². The van der Waals surface area contributed by atoms with Crippen LogP contribution in [0.4, 0.5) is 14.5 Å². The first-order valence-corrected chi connectivity index (χ1v) is 9.23. The van der Waals surface area contributed by atoms with Gasteiger partial charge in [0.1, 0.15) is 5.70 Å². The Morgan fingerprint density at radius 3 is 2.43 bits per heavy atom. The summed E-state index contributed by atoms with van der Waals surface area (Å²) in [4.78, 5) is 40.4. The van der Waals surface area contributed by atoms with E-state index in [-0.39, 0.29) is 29.7 Å². The lowest BCUT2D eigenvalue weighted by atomic mass is 10.0. The van der Waals surface area contributed by atoms with Gasteiger partial charge in [-0.25, -0.2) is 8.78 Å². The van der Waals surface area contributed by atoms with Crippen molar-refractivity contribution in [3.63, 3.8) is 0 Å². The highest BCUT2D eigenvalue weighted by molar-refractivity contribution is 6.31. The molecule has 0 saturated carbocycles. The topological polar surface area (TPSA) is 87.6 Å². The maximum Gasteiger partial charge on any atom is 0.270 e. The average molecular weight is 432 g/mol. The molecule has 30 heavy (non-hydrogen) atoms. The molecule has 6 nitrogen and oxygen atoms in total. The Labute approximate surface area is 175 Å². The molecule has 3 rings (SSSR count). The van der Waals surface area contributed by atoms with Gasteiger partial charge in [-0.05, 0) is 29.8 Å². The number of benzene rings is 2. The van der Waals surface area contributed by atoms with Gasteiger partial charge in [-0.3, -0.25) is 19.4 Å². The summed E-state index contributed by atoms with van der Waals surface area (Å²) >= 11 is 5.58. The van der Waals surface area contributed by atoms with E-state index in [1.165, 1.54) is 13.3 Å². The van der Waals surface area contributed by atoms with Crippen molar-refractivity contribution >= 4 is 41.1 Å². The molecular weight excluding hydrogens is 416 g/mol. The average Bonchev–Trinajstić information content (AvgIpc) is 3.22. The van der Waals surface area contributed by atoms with Crippen molar-refractivity contribution < 1.29 is 23.2 Å². The second-order valence-electron chi connectivity index (χ2n) is 6.43. The quantitative estimate of drug-likeness (QED) is 0.542. The van der Waals surface area contributed by atoms with Crippen LogP contribution in [0.5, 0.6) is 0 Å². The van der Waals surface area contributed by atoms with Crippen LogP contribution in [0.1, 0.15) is 22.3 Å². The third kappa shape index (κ3) is 4.60. The first-order valence-electron chi connectivity index (χ1n) is 8.86. The molecule has 0 atom stereocenters. The van der Waals surface area contributed by atoms with Gasteiger partial charge in [0, 0.05) is 37.4 Å². The number of Topliss-reactive ketones (excluding diaryl/α,β-unsaturated/α-hetero) is 1. The molecule has 0 saturated heterocycles. The first-order chi connectivity index (χ1) is 14.3. The van der Waals surface area contributed by atoms with E-state index in [1.807, 2.05) is 0 Å². The fourth-order valence-electron chi connectivity index (χ4n) is 2.83. The zero-order chi connectivity index (χ0) is 21.8. The zero-order valence-electron chi connectivity index (χ0n) is 15.8. The molecule has 0 radical (unpaired) electrons. The van der Waals surface area contributed by atoms with Crippen molar-refractivity contribution in [1.29, 1.82) is 0 Å². The van der Waals surface area contributed by atoms with Crippen LogP contribution in [-0.4, -0.2) is 30.9 Å². The summed E-state index contributed by atoms with van der Waals surface area (Å²) in [5, 5.41) is 4.65. The molecule has 2 aromatic rings. The van der Waals surface area contributed by atoms with Crippen molar-refractivity contribution in [3.05, 3.63) is 75.5 Å². The minimum atomic E-state index is -1.20. The fourth-order valence-corrected chi connectivity index (χ4v) is 3.04. The highest BCUT2D eigenvalue weighted by Crippen LogP contribution is 2.22. The second kappa shape index (κ2) is 8.96. The minimum Gasteiger partial charge on any atom is -0.354 e. The molecule has 1 aliphatic rings. The van der Waals surface area contributed by atoms with Crippen LogP contribution < -0.4 is 10.6 Å². The molecule has 0 aromatic heterocycles. The number of ketones is 1. The van der Waals surface area contributed by atoms with E-state index in [1.54, 1.807) is 24.3 Å². The fraction of sp³-hybridized carbons (Fsp3) is 0.143. The summed E-state index contributed by atoms with van der Waals surface area (Å²) in [6, 6.07) is 8.31. The Kier molecular flexibility index (Phi) is 6.37. The lowest BCUT2D eigenvalue weighted by Crippen LogP contribution is -2.23. The summed E-state index contributed by atoms with van der Waals surface area (Å²) in [5.74, 6) is -3.72. The standard InChI is InChI=1S/C21H16ClF2N3O3/c1-25-21(30)19-14(6-7-26-19)20(29)27-13-4-2-11(3-5-13)8-17(28)12-9-15(22)18(24)16(23)10-12/h2-5,7,9-10H,6,8H2,1H3,(H,25,30)(H,27,29). The Morgan fingerprint density at radius 1 is 1.10 bits per heavy atom. The van der Waals surface area contributed by atoms with E-state index < -0.39 is 34.3 Å². The van der Waals surface area contributed by atoms with Gasteiger partial charge in [-0.15, -0.1) is 0 Å². The van der Waals surface area contributed by atoms with E-state index in [9.17, 15) is 23.2 Å². The van der Waals surface area contributed by atoms with Crippen molar-refractivity contribution in [2.75, 3.05) is 12.4 Å². The summed E-state index contributed by atoms with van der Waals surface area (Å²) in [5.41, 5.74) is 1.36. The molecule has 0 spiro atoms. The molecule has 154 valence electrons. The number of likely N-dealkylation sites (N-methyl/N-ethyl adjacent to an activating group) is 1. The van der Waals surface area contributed by atoms with Crippen LogP contribution in [0.3, 0.4) is 0 Å². The smallest absolute Gasteiger partial charge is 0.270 e. The SMILES string of the molecule is CNC(=O)C1=C(C(=O)Nc2ccc(CC(=O)c3cc(F)c(F)c(Cl)c3)cc2)CC=N1. The normalized spacial score (nSPS) is 12.8. The van der Waals surface area contributed by atoms with Crippen LogP contribution in [0.2, 0.25) is 5.02 Å². The van der Waals surface area contributed by atoms with Gasteiger partial charge in [-0.2, -0.15) is 0 Å². The largest absolute Gasteiger partial charge is 0.354 e. The molecule has 0 aliphatic carbocycles. The summed E-state index contributed by atoms with van der Waals surface area (Å²) in [6.45, 7) is 0. The number of hydrogen-bond donors (Lipinski definition) is 2. The molecule has 0 bridgehead atoms. The first kappa shape index (κ1) is 21.3. The van der Waals surface area contributed by atoms with Gasteiger partial charge in [0.15, 0.2) is 17.4 Å². The van der Waals surface area contributed by atoms with E-state index in [0.29, 0.717) is 11.3 Å². The molecular formula is C21H16ClF2N3O3. The number of amides is 2. The molecule has 0 fully saturated rings. The molecule has 9 heteroatoms. The number of carbonyl (C=O) groups excluding carboxylic acids is 3. The Balaban J connectivity index is 1.67.